The smallest absolute Gasteiger partial charge is 0.276 e. The maximum Gasteiger partial charge on any atom is 0.276 e. The van der Waals surface area contributed by atoms with Crippen LogP contribution < -0.4 is 15.6 Å². The Balaban J connectivity index is 1.46. The van der Waals surface area contributed by atoms with Crippen molar-refractivity contribution in [1.29, 1.82) is 5.26 Å². The van der Waals surface area contributed by atoms with E-state index in [1.807, 2.05) is 31.2 Å². The van der Waals surface area contributed by atoms with Crippen LogP contribution in [0.4, 0.5) is 0 Å². The van der Waals surface area contributed by atoms with Crippen LogP contribution in [0.2, 0.25) is 0 Å². The molecule has 0 aliphatic carbocycles. The fraction of sp³-hybridized carbons (Fsp3) is 0.150. The van der Waals surface area contributed by atoms with E-state index in [0.717, 1.165) is 22.1 Å². The molecule has 2 aromatic carbocycles. The van der Waals surface area contributed by atoms with E-state index in [1.165, 1.54) is 0 Å². The highest BCUT2D eigenvalue weighted by Gasteiger charge is 2.11. The molecule has 2 N–H and O–H groups in total. The van der Waals surface area contributed by atoms with E-state index < -0.39 is 5.91 Å². The van der Waals surface area contributed by atoms with Gasteiger partial charge in [0.25, 0.3) is 5.91 Å². The Morgan fingerprint density at radius 2 is 1.85 bits per heavy atom. The highest BCUT2D eigenvalue weighted by molar-refractivity contribution is 5.89. The van der Waals surface area contributed by atoms with Gasteiger partial charge in [-0.15, -0.1) is 0 Å². The predicted octanol–water partition coefficient (Wildman–Crippen LogP) is 2.38. The number of nitriles is 1. The van der Waals surface area contributed by atoms with E-state index in [1.54, 1.807) is 30.5 Å². The zero-order valence-corrected chi connectivity index (χ0v) is 14.6. The number of hydrazine groups is 1. The molecule has 0 spiro atoms. The topological polar surface area (TPSA) is 104 Å². The van der Waals surface area contributed by atoms with Crippen molar-refractivity contribution in [3.63, 3.8) is 0 Å². The Morgan fingerprint density at radius 3 is 2.59 bits per heavy atom. The summed E-state index contributed by atoms with van der Waals surface area (Å²) in [6.45, 7) is 1.70. The van der Waals surface area contributed by atoms with E-state index in [9.17, 15) is 9.59 Å². The minimum Gasteiger partial charge on any atom is -0.484 e. The number of carbonyl (C=O) groups excluding carboxylic acids is 2. The van der Waals surface area contributed by atoms with Gasteiger partial charge < -0.3 is 9.15 Å². The molecule has 0 aliphatic rings. The lowest BCUT2D eigenvalue weighted by atomic mass is 10.1. The number of nitrogens with zero attached hydrogens (tertiary/aromatic N) is 1. The van der Waals surface area contributed by atoms with Gasteiger partial charge in [0, 0.05) is 10.9 Å². The second kappa shape index (κ2) is 8.06. The van der Waals surface area contributed by atoms with Crippen LogP contribution in [0.5, 0.6) is 5.75 Å². The van der Waals surface area contributed by atoms with Gasteiger partial charge in [0.15, 0.2) is 6.61 Å². The number of carbonyl (C=O) groups is 2. The summed E-state index contributed by atoms with van der Waals surface area (Å²) in [6.07, 6.45) is 1.62. The first-order valence-electron chi connectivity index (χ1n) is 8.22. The van der Waals surface area contributed by atoms with Crippen LogP contribution >= 0.6 is 0 Å². The summed E-state index contributed by atoms with van der Waals surface area (Å²) >= 11 is 0. The molecule has 0 saturated carbocycles. The molecule has 0 aliphatic heterocycles. The molecule has 0 bridgehead atoms. The Labute approximate surface area is 155 Å². The van der Waals surface area contributed by atoms with Crippen molar-refractivity contribution in [3.8, 4) is 11.8 Å². The van der Waals surface area contributed by atoms with Crippen molar-refractivity contribution >= 4 is 22.8 Å². The van der Waals surface area contributed by atoms with Crippen molar-refractivity contribution in [3.05, 3.63) is 65.4 Å². The highest BCUT2D eigenvalue weighted by Crippen LogP contribution is 2.22. The van der Waals surface area contributed by atoms with Crippen molar-refractivity contribution in [2.75, 3.05) is 6.61 Å². The summed E-state index contributed by atoms with van der Waals surface area (Å²) in [7, 11) is 0. The number of hydrogen-bond acceptors (Lipinski definition) is 5. The van der Waals surface area contributed by atoms with E-state index in [0.29, 0.717) is 11.3 Å². The molecule has 2 amide bonds. The van der Waals surface area contributed by atoms with E-state index in [4.69, 9.17) is 14.4 Å². The normalized spacial score (nSPS) is 10.2. The van der Waals surface area contributed by atoms with Gasteiger partial charge in [0.1, 0.15) is 11.3 Å². The maximum atomic E-state index is 12.0. The van der Waals surface area contributed by atoms with Crippen LogP contribution in [0, 0.1) is 18.3 Å². The first-order valence-corrected chi connectivity index (χ1v) is 8.22. The third-order valence-corrected chi connectivity index (χ3v) is 3.86. The summed E-state index contributed by atoms with van der Waals surface area (Å²) in [5, 5.41) is 9.60. The summed E-state index contributed by atoms with van der Waals surface area (Å²) in [6, 6.07) is 14.1. The van der Waals surface area contributed by atoms with Gasteiger partial charge in [0.05, 0.1) is 24.3 Å². The first kappa shape index (κ1) is 18.0. The van der Waals surface area contributed by atoms with Crippen LogP contribution in [0.25, 0.3) is 11.0 Å². The van der Waals surface area contributed by atoms with E-state index >= 15 is 0 Å². The van der Waals surface area contributed by atoms with Crippen LogP contribution in [0.15, 0.2) is 53.1 Å². The zero-order chi connectivity index (χ0) is 19.2. The highest BCUT2D eigenvalue weighted by atomic mass is 16.5. The van der Waals surface area contributed by atoms with Crippen molar-refractivity contribution in [2.45, 2.75) is 13.3 Å². The summed E-state index contributed by atoms with van der Waals surface area (Å²) < 4.78 is 10.7. The second-order valence-corrected chi connectivity index (χ2v) is 5.96. The minimum atomic E-state index is -0.500. The van der Waals surface area contributed by atoms with Gasteiger partial charge in [-0.3, -0.25) is 20.4 Å². The lowest BCUT2D eigenvalue weighted by Gasteiger charge is -2.08. The Kier molecular flexibility index (Phi) is 5.38. The Morgan fingerprint density at radius 1 is 1.11 bits per heavy atom. The number of aryl methyl sites for hydroxylation is 1. The third-order valence-electron chi connectivity index (χ3n) is 3.86. The molecule has 0 atom stereocenters. The number of furan rings is 1. The van der Waals surface area contributed by atoms with Gasteiger partial charge in [0.2, 0.25) is 5.91 Å². The molecule has 7 heteroatoms. The number of nitrogens with one attached hydrogen (secondary N) is 2. The van der Waals surface area contributed by atoms with Crippen molar-refractivity contribution in [2.24, 2.45) is 0 Å². The van der Waals surface area contributed by atoms with Crippen molar-refractivity contribution in [1.82, 2.24) is 10.9 Å². The first-order chi connectivity index (χ1) is 13.0. The molecule has 0 fully saturated rings. The number of benzene rings is 2. The largest absolute Gasteiger partial charge is 0.484 e. The van der Waals surface area contributed by atoms with Crippen LogP contribution in [0.3, 0.4) is 0 Å². The molecule has 136 valence electrons. The molecular weight excluding hydrogens is 346 g/mol. The van der Waals surface area contributed by atoms with Crippen LogP contribution in [-0.2, 0) is 16.0 Å². The number of amides is 2. The number of fused-ring (bicyclic) bond motifs is 1. The second-order valence-electron chi connectivity index (χ2n) is 5.96. The predicted molar refractivity (Wildman–Crippen MR) is 97.6 cm³/mol. The quantitative estimate of drug-likeness (QED) is 0.677. The number of rotatable bonds is 5. The summed E-state index contributed by atoms with van der Waals surface area (Å²) in [5.41, 5.74) is 7.68. The van der Waals surface area contributed by atoms with Crippen LogP contribution in [0.1, 0.15) is 16.7 Å². The molecule has 1 aromatic heterocycles. The zero-order valence-electron chi connectivity index (χ0n) is 14.6. The maximum absolute atomic E-state index is 12.0. The lowest BCUT2D eigenvalue weighted by Crippen LogP contribution is -2.44. The Bertz CT molecular complexity index is 1020. The molecule has 0 unspecified atom stereocenters. The molecule has 1 heterocycles. The van der Waals surface area contributed by atoms with Crippen LogP contribution in [-0.4, -0.2) is 18.4 Å². The molecular formula is C20H17N3O4. The van der Waals surface area contributed by atoms with Crippen molar-refractivity contribution < 1.29 is 18.7 Å². The minimum absolute atomic E-state index is 0.0762. The Hall–Kier alpha value is -3.79. The van der Waals surface area contributed by atoms with Gasteiger partial charge >= 0.3 is 0 Å². The molecule has 7 nitrogen and oxygen atoms in total. The molecule has 3 rings (SSSR count). The fourth-order valence-electron chi connectivity index (χ4n) is 2.49. The average Bonchev–Trinajstić information content (AvgIpc) is 3.06. The lowest BCUT2D eigenvalue weighted by molar-refractivity contribution is -0.129. The van der Waals surface area contributed by atoms with Gasteiger partial charge in [-0.25, -0.2) is 0 Å². The van der Waals surface area contributed by atoms with Gasteiger partial charge in [-0.05, 0) is 42.8 Å². The van der Waals surface area contributed by atoms with E-state index in [2.05, 4.69) is 10.9 Å². The average molecular weight is 363 g/mol. The summed E-state index contributed by atoms with van der Waals surface area (Å²) in [5.74, 6) is -0.416. The van der Waals surface area contributed by atoms with Gasteiger partial charge in [-0.2, -0.15) is 5.26 Å². The molecule has 3 aromatic rings. The molecule has 27 heavy (non-hydrogen) atoms. The number of hydrogen-bond donors (Lipinski definition) is 2. The molecule has 0 radical (unpaired) electrons. The standard InChI is InChI=1S/C20H17N3O4/c1-13-2-7-17-15(11-27-18(17)8-13)9-19(24)22-23-20(25)12-26-16-5-3-14(10-21)4-6-16/h2-8,11H,9,12H2,1H3,(H,22,24)(H,23,25). The monoisotopic (exact) mass is 363 g/mol. The van der Waals surface area contributed by atoms with Gasteiger partial charge in [-0.1, -0.05) is 12.1 Å². The SMILES string of the molecule is Cc1ccc2c(CC(=O)NNC(=O)COc3ccc(C#N)cc3)coc2c1. The summed E-state index contributed by atoms with van der Waals surface area (Å²) in [4.78, 5) is 23.8. The fourth-order valence-corrected chi connectivity index (χ4v) is 2.49. The number of ether oxygens (including phenoxy) is 1. The third kappa shape index (κ3) is 4.64. The molecule has 0 saturated heterocycles. The van der Waals surface area contributed by atoms with E-state index in [-0.39, 0.29) is 18.9 Å².